The van der Waals surface area contributed by atoms with Crippen LogP contribution in [0, 0.1) is 5.92 Å². The van der Waals surface area contributed by atoms with Gasteiger partial charge in [-0.1, -0.05) is 188 Å². The third-order valence-electron chi connectivity index (χ3n) is 13.3. The van der Waals surface area contributed by atoms with Gasteiger partial charge in [0.15, 0.2) is 0 Å². The first kappa shape index (κ1) is 40.5. The minimum atomic E-state index is -0.0000184. The smallest absolute Gasteiger partial charge is 0.0555 e. The molecule has 0 aliphatic heterocycles. The molecule has 314 valence electrons. The van der Waals surface area contributed by atoms with E-state index in [0.29, 0.717) is 5.92 Å². The molecule has 0 saturated heterocycles. The Kier molecular flexibility index (Phi) is 9.79. The quantitative estimate of drug-likeness (QED) is 0.161. The molecule has 3 heteroatoms. The molecule has 2 aromatic heterocycles. The molecule has 0 amide bonds. The van der Waals surface area contributed by atoms with Crippen LogP contribution in [-0.4, -0.2) is 0 Å². The Morgan fingerprint density at radius 2 is 1.05 bits per heavy atom. The minimum Gasteiger partial charge on any atom is -0.309 e. The molecule has 0 bridgehead atoms. The number of para-hydroxylation sites is 1. The van der Waals surface area contributed by atoms with Crippen molar-refractivity contribution in [2.24, 2.45) is 5.92 Å². The Morgan fingerprint density at radius 3 is 1.80 bits per heavy atom. The van der Waals surface area contributed by atoms with Crippen LogP contribution in [-0.2, 0) is 10.8 Å². The summed E-state index contributed by atoms with van der Waals surface area (Å²) in [4.78, 5) is 2.63. The summed E-state index contributed by atoms with van der Waals surface area (Å²) in [5.41, 5.74) is 14.0. The van der Waals surface area contributed by atoms with Gasteiger partial charge in [0.1, 0.15) is 0 Å². The molecule has 10 aromatic rings. The maximum absolute atomic E-state index is 2.63. The van der Waals surface area contributed by atoms with Gasteiger partial charge < -0.3 is 4.90 Å². The highest BCUT2D eigenvalue weighted by molar-refractivity contribution is 7.26. The average molecular weight is 864 g/mol. The van der Waals surface area contributed by atoms with Crippen molar-refractivity contribution in [3.05, 3.63) is 198 Å². The Balaban J connectivity index is 1.23. The molecule has 1 unspecified atom stereocenters. The van der Waals surface area contributed by atoms with Crippen molar-refractivity contribution in [1.82, 2.24) is 0 Å². The van der Waals surface area contributed by atoms with Crippen LogP contribution >= 0.6 is 22.7 Å². The van der Waals surface area contributed by atoms with Gasteiger partial charge in [-0.3, -0.25) is 0 Å². The van der Waals surface area contributed by atoms with Crippen LogP contribution in [0.4, 0.5) is 11.4 Å². The van der Waals surface area contributed by atoms with Gasteiger partial charge in [0.05, 0.1) is 11.4 Å². The summed E-state index contributed by atoms with van der Waals surface area (Å²) >= 11 is 3.81. The number of thiophene rings is 2. The number of hydrogen-bond donors (Lipinski definition) is 0. The fourth-order valence-electron chi connectivity index (χ4n) is 9.98. The van der Waals surface area contributed by atoms with Crippen LogP contribution in [0.5, 0.6) is 0 Å². The van der Waals surface area contributed by atoms with E-state index in [0.717, 1.165) is 6.42 Å². The van der Waals surface area contributed by atoms with Gasteiger partial charge in [-0.15, -0.1) is 22.7 Å². The molecule has 1 atom stereocenters. The molecular weight excluding hydrogens is 811 g/mol. The first-order valence-electron chi connectivity index (χ1n) is 22.7. The Morgan fingerprint density at radius 1 is 0.484 bits per heavy atom. The van der Waals surface area contributed by atoms with Gasteiger partial charge in [0.25, 0.3) is 0 Å². The fourth-order valence-corrected chi connectivity index (χ4v) is 12.3. The third kappa shape index (κ3) is 6.89. The van der Waals surface area contributed by atoms with Crippen LogP contribution in [0.2, 0.25) is 0 Å². The highest BCUT2D eigenvalue weighted by atomic mass is 32.1. The maximum atomic E-state index is 2.63. The van der Waals surface area contributed by atoms with Gasteiger partial charge in [-0.25, -0.2) is 0 Å². The monoisotopic (exact) mass is 863 g/mol. The van der Waals surface area contributed by atoms with Gasteiger partial charge >= 0.3 is 0 Å². The highest BCUT2D eigenvalue weighted by Crippen LogP contribution is 2.51. The molecule has 11 rings (SSSR count). The van der Waals surface area contributed by atoms with Crippen LogP contribution in [0.15, 0.2) is 182 Å². The lowest BCUT2D eigenvalue weighted by atomic mass is 9.78. The van der Waals surface area contributed by atoms with E-state index >= 15 is 0 Å². The molecule has 1 aliphatic rings. The van der Waals surface area contributed by atoms with E-state index in [1.807, 2.05) is 22.7 Å². The van der Waals surface area contributed by atoms with E-state index in [4.69, 9.17) is 0 Å². The summed E-state index contributed by atoms with van der Waals surface area (Å²) in [5, 5.41) is 7.77. The molecule has 0 spiro atoms. The molecule has 64 heavy (non-hydrogen) atoms. The third-order valence-corrected chi connectivity index (χ3v) is 15.7. The zero-order chi connectivity index (χ0) is 43.9. The second-order valence-corrected chi connectivity index (χ2v) is 21.9. The van der Waals surface area contributed by atoms with Crippen molar-refractivity contribution in [1.29, 1.82) is 0 Å². The predicted molar refractivity (Wildman–Crippen MR) is 283 cm³/mol. The summed E-state index contributed by atoms with van der Waals surface area (Å²) in [6.45, 7) is 16.4. The Bertz CT molecular complexity index is 3480. The number of rotatable bonds is 6. The van der Waals surface area contributed by atoms with E-state index in [9.17, 15) is 0 Å². The van der Waals surface area contributed by atoms with Crippen molar-refractivity contribution in [2.45, 2.75) is 65.7 Å². The fraction of sp³-hybridized carbons (Fsp3) is 0.180. The minimum absolute atomic E-state index is 0.0000184. The lowest BCUT2D eigenvalue weighted by Crippen LogP contribution is -2.20. The zero-order valence-electron chi connectivity index (χ0n) is 37.8. The molecular formula is C61H53NS2. The molecule has 1 aliphatic carbocycles. The van der Waals surface area contributed by atoms with E-state index in [1.54, 1.807) is 0 Å². The molecule has 8 aromatic carbocycles. The summed E-state index contributed by atoms with van der Waals surface area (Å²) in [6, 6.07) is 62.0. The molecule has 0 saturated carbocycles. The van der Waals surface area contributed by atoms with Gasteiger partial charge in [-0.2, -0.15) is 0 Å². The Labute approximate surface area is 385 Å². The molecule has 0 radical (unpaired) electrons. The summed E-state index contributed by atoms with van der Waals surface area (Å²) < 4.78 is 5.29. The largest absolute Gasteiger partial charge is 0.309 e. The first-order valence-corrected chi connectivity index (χ1v) is 24.4. The number of nitrogens with zero attached hydrogens (tertiary/aromatic N) is 1. The average Bonchev–Trinajstić information content (AvgIpc) is 3.88. The topological polar surface area (TPSA) is 3.24 Å². The molecule has 1 nitrogen and oxygen atoms in total. The summed E-state index contributed by atoms with van der Waals surface area (Å²) in [7, 11) is 0. The van der Waals surface area contributed by atoms with Gasteiger partial charge in [-0.05, 0) is 109 Å². The second-order valence-electron chi connectivity index (χ2n) is 19.8. The summed E-state index contributed by atoms with van der Waals surface area (Å²) in [5.74, 6) is 0.390. The van der Waals surface area contributed by atoms with Crippen molar-refractivity contribution < 1.29 is 0 Å². The van der Waals surface area contributed by atoms with E-state index < -0.39 is 0 Å². The molecule has 0 N–H and O–H groups in total. The number of allylic oxidation sites excluding steroid dienone is 3. The normalized spacial score (nSPS) is 14.8. The maximum Gasteiger partial charge on any atom is 0.0555 e. The zero-order valence-corrected chi connectivity index (χ0v) is 39.4. The van der Waals surface area contributed by atoms with Crippen molar-refractivity contribution in [3.63, 3.8) is 0 Å². The Hall–Kier alpha value is -6.26. The van der Waals surface area contributed by atoms with Crippen LogP contribution < -0.4 is 4.90 Å². The standard InChI is InChI=1S/C61H53NS2/c1-38-32-33-52(50(34-38)48-26-16-25-47-45-21-9-12-29-54(45)64-59(47)48)62(53-28-17-31-56-58(53)49-22-10-13-30-55(49)63-56)51-27-11-8-20-44(51)46-24-15-19-39-18-14-23-43(57(39)46)40-35-41(60(2,3)4)37-42(36-40)61(5,6)7/h8-33,35-38H,34H2,1-7H3. The van der Waals surface area contributed by atoms with Crippen molar-refractivity contribution in [3.8, 4) is 22.3 Å². The van der Waals surface area contributed by atoms with E-state index in [2.05, 4.69) is 229 Å². The lowest BCUT2D eigenvalue weighted by Gasteiger charge is -2.34. The van der Waals surface area contributed by atoms with Crippen LogP contribution in [0.3, 0.4) is 0 Å². The summed E-state index contributed by atoms with van der Waals surface area (Å²) in [6.07, 6.45) is 5.80. The predicted octanol–water partition coefficient (Wildman–Crippen LogP) is 18.6. The SMILES string of the molecule is CC1C=CC(N(c2ccccc2-c2cccc3cccc(-c4cc(C(C)(C)C)cc(C(C)(C)C)c4)c23)c2cccc3sc4ccccc4c23)=C(c2cccc3c2sc2ccccc23)C1. The number of benzene rings is 8. The van der Waals surface area contributed by atoms with Crippen molar-refractivity contribution >= 4 is 90.7 Å². The highest BCUT2D eigenvalue weighted by Gasteiger charge is 2.29. The van der Waals surface area contributed by atoms with Crippen molar-refractivity contribution in [2.75, 3.05) is 4.90 Å². The van der Waals surface area contributed by atoms with Gasteiger partial charge in [0.2, 0.25) is 0 Å². The number of hydrogen-bond acceptors (Lipinski definition) is 3. The van der Waals surface area contributed by atoms with E-state index in [1.165, 1.54) is 113 Å². The van der Waals surface area contributed by atoms with Crippen LogP contribution in [0.1, 0.15) is 71.6 Å². The molecule has 0 fully saturated rings. The molecule has 2 heterocycles. The number of anilines is 2. The van der Waals surface area contributed by atoms with Crippen LogP contribution in [0.25, 0.3) is 78.9 Å². The lowest BCUT2D eigenvalue weighted by molar-refractivity contribution is 0.569. The first-order chi connectivity index (χ1) is 30.9. The number of fused-ring (bicyclic) bond motifs is 7. The van der Waals surface area contributed by atoms with Gasteiger partial charge in [0, 0.05) is 51.6 Å². The van der Waals surface area contributed by atoms with E-state index in [-0.39, 0.29) is 10.8 Å². The second kappa shape index (κ2) is 15.5.